The first kappa shape index (κ1) is 27.6. The molecule has 0 unspecified atom stereocenters. The van der Waals surface area contributed by atoms with Gasteiger partial charge in [-0.15, -0.1) is 0 Å². The maximum atomic E-state index is 13.5. The van der Waals surface area contributed by atoms with Gasteiger partial charge in [-0.2, -0.15) is 5.26 Å². The van der Waals surface area contributed by atoms with E-state index in [0.29, 0.717) is 51.4 Å². The second kappa shape index (κ2) is 12.4. The highest BCUT2D eigenvalue weighted by Gasteiger charge is 2.36. The number of dihydropyridines is 1. The Hall–Kier alpha value is -4.42. The molecule has 1 aliphatic heterocycles. The van der Waals surface area contributed by atoms with Crippen LogP contribution in [0.4, 0.5) is 11.4 Å². The highest BCUT2D eigenvalue weighted by Crippen LogP contribution is 2.41. The Morgan fingerprint density at radius 3 is 2.44 bits per heavy atom. The van der Waals surface area contributed by atoms with E-state index < -0.39 is 5.92 Å². The summed E-state index contributed by atoms with van der Waals surface area (Å²) in [6, 6.07) is 18.5. The summed E-state index contributed by atoms with van der Waals surface area (Å²) in [4.78, 5) is 26.2. The normalized spacial score (nSPS) is 14.9. The SMILES string of the molecule is CCOc1ccc(NC(=O)C2=C(C)NC(SCC(=O)Nc3ccc(C)c(C)c3)=C(C#N)[C@@H]2c2ccco2)cc1. The van der Waals surface area contributed by atoms with E-state index in [1.54, 1.807) is 43.3 Å². The van der Waals surface area contributed by atoms with E-state index in [1.807, 2.05) is 39.0 Å². The van der Waals surface area contributed by atoms with Gasteiger partial charge in [-0.1, -0.05) is 17.8 Å². The number of hydrogen-bond acceptors (Lipinski definition) is 7. The third kappa shape index (κ3) is 6.54. The van der Waals surface area contributed by atoms with E-state index in [4.69, 9.17) is 9.15 Å². The van der Waals surface area contributed by atoms with Crippen molar-refractivity contribution < 1.29 is 18.7 Å². The van der Waals surface area contributed by atoms with Gasteiger partial charge in [0, 0.05) is 17.1 Å². The molecule has 0 aliphatic carbocycles. The monoisotopic (exact) mass is 542 g/mol. The molecule has 200 valence electrons. The van der Waals surface area contributed by atoms with Crippen LogP contribution in [0.15, 0.2) is 87.1 Å². The number of aryl methyl sites for hydroxylation is 2. The van der Waals surface area contributed by atoms with Gasteiger partial charge in [0.05, 0.1) is 46.8 Å². The van der Waals surface area contributed by atoms with E-state index in [-0.39, 0.29) is 17.6 Å². The molecule has 39 heavy (non-hydrogen) atoms. The lowest BCUT2D eigenvalue weighted by Crippen LogP contribution is -2.31. The molecule has 0 spiro atoms. The van der Waals surface area contributed by atoms with Crippen LogP contribution in [0.2, 0.25) is 0 Å². The number of thioether (sulfide) groups is 1. The lowest BCUT2D eigenvalue weighted by molar-refractivity contribution is -0.114. The first-order valence-corrected chi connectivity index (χ1v) is 13.5. The molecule has 3 aromatic rings. The van der Waals surface area contributed by atoms with Crippen molar-refractivity contribution in [3.05, 3.63) is 99.6 Å². The molecule has 1 atom stereocenters. The van der Waals surface area contributed by atoms with Crippen LogP contribution < -0.4 is 20.7 Å². The standard InChI is InChI=1S/C30H30N4O4S/c1-5-37-23-12-10-21(11-13-23)34-29(36)27-20(4)32-30(24(16-31)28(27)25-7-6-14-38-25)39-17-26(35)33-22-9-8-18(2)19(3)15-22/h6-15,28,32H,5,17H2,1-4H3,(H,33,35)(H,34,36)/t28-/m1/s1. The highest BCUT2D eigenvalue weighted by atomic mass is 32.2. The van der Waals surface area contributed by atoms with E-state index >= 15 is 0 Å². The number of hydrogen-bond donors (Lipinski definition) is 3. The molecular weight excluding hydrogens is 512 g/mol. The van der Waals surface area contributed by atoms with Crippen LogP contribution in [0.3, 0.4) is 0 Å². The van der Waals surface area contributed by atoms with Crippen molar-refractivity contribution in [1.29, 1.82) is 5.26 Å². The zero-order valence-electron chi connectivity index (χ0n) is 22.3. The van der Waals surface area contributed by atoms with Gasteiger partial charge in [0.25, 0.3) is 5.91 Å². The van der Waals surface area contributed by atoms with Gasteiger partial charge in [-0.05, 0) is 87.4 Å². The molecule has 0 saturated heterocycles. The molecule has 4 rings (SSSR count). The fourth-order valence-electron chi connectivity index (χ4n) is 4.22. The van der Waals surface area contributed by atoms with Crippen LogP contribution in [0.25, 0.3) is 0 Å². The number of carbonyl (C=O) groups is 2. The molecule has 2 amide bonds. The van der Waals surface area contributed by atoms with Crippen LogP contribution in [0.1, 0.15) is 36.7 Å². The van der Waals surface area contributed by atoms with Crippen molar-refractivity contribution in [2.45, 2.75) is 33.6 Å². The van der Waals surface area contributed by atoms with Gasteiger partial charge < -0.3 is 25.1 Å². The second-order valence-electron chi connectivity index (χ2n) is 9.01. The maximum absolute atomic E-state index is 13.5. The number of nitrogens with one attached hydrogen (secondary N) is 3. The van der Waals surface area contributed by atoms with Crippen molar-refractivity contribution in [2.24, 2.45) is 0 Å². The Morgan fingerprint density at radius 2 is 1.79 bits per heavy atom. The van der Waals surface area contributed by atoms with E-state index in [0.717, 1.165) is 11.1 Å². The lowest BCUT2D eigenvalue weighted by Gasteiger charge is -2.28. The number of furan rings is 1. The molecule has 0 saturated carbocycles. The van der Waals surface area contributed by atoms with Crippen LogP contribution in [-0.4, -0.2) is 24.2 Å². The van der Waals surface area contributed by atoms with Crippen LogP contribution in [0, 0.1) is 25.2 Å². The van der Waals surface area contributed by atoms with Gasteiger partial charge in [-0.3, -0.25) is 9.59 Å². The number of rotatable bonds is 9. The predicted molar refractivity (Wildman–Crippen MR) is 153 cm³/mol. The maximum Gasteiger partial charge on any atom is 0.254 e. The zero-order valence-corrected chi connectivity index (χ0v) is 23.1. The summed E-state index contributed by atoms with van der Waals surface area (Å²) in [5, 5.41) is 19.7. The summed E-state index contributed by atoms with van der Waals surface area (Å²) in [6.07, 6.45) is 1.51. The fraction of sp³-hybridized carbons (Fsp3) is 0.233. The third-order valence-electron chi connectivity index (χ3n) is 6.28. The zero-order chi connectivity index (χ0) is 27.9. The number of amides is 2. The summed E-state index contributed by atoms with van der Waals surface area (Å²) in [6.45, 7) is 8.22. The first-order chi connectivity index (χ1) is 18.8. The predicted octanol–water partition coefficient (Wildman–Crippen LogP) is 6.00. The Morgan fingerprint density at radius 1 is 1.05 bits per heavy atom. The van der Waals surface area contributed by atoms with Crippen molar-refractivity contribution in [3.63, 3.8) is 0 Å². The molecule has 0 bridgehead atoms. The van der Waals surface area contributed by atoms with Gasteiger partial charge in [0.1, 0.15) is 11.5 Å². The van der Waals surface area contributed by atoms with Gasteiger partial charge >= 0.3 is 0 Å². The first-order valence-electron chi connectivity index (χ1n) is 12.5. The number of benzene rings is 2. The van der Waals surface area contributed by atoms with Gasteiger partial charge in [0.2, 0.25) is 5.91 Å². The summed E-state index contributed by atoms with van der Waals surface area (Å²) >= 11 is 1.21. The minimum absolute atomic E-state index is 0.0757. The summed E-state index contributed by atoms with van der Waals surface area (Å²) in [7, 11) is 0. The molecule has 9 heteroatoms. The summed E-state index contributed by atoms with van der Waals surface area (Å²) in [5.74, 6) is -0.0653. The third-order valence-corrected chi connectivity index (χ3v) is 7.30. The number of anilines is 2. The van der Waals surface area contributed by atoms with E-state index in [9.17, 15) is 14.9 Å². The molecule has 2 aromatic carbocycles. The number of ether oxygens (including phenoxy) is 1. The largest absolute Gasteiger partial charge is 0.494 e. The molecule has 8 nitrogen and oxygen atoms in total. The lowest BCUT2D eigenvalue weighted by atomic mass is 9.85. The number of carbonyl (C=O) groups excluding carboxylic acids is 2. The van der Waals surface area contributed by atoms with E-state index in [2.05, 4.69) is 22.0 Å². The Kier molecular flexibility index (Phi) is 8.79. The molecule has 2 heterocycles. The second-order valence-corrected chi connectivity index (χ2v) is 10.00. The van der Waals surface area contributed by atoms with Crippen molar-refractivity contribution >= 4 is 35.0 Å². The minimum Gasteiger partial charge on any atom is -0.494 e. The smallest absolute Gasteiger partial charge is 0.254 e. The number of nitriles is 1. The fourth-order valence-corrected chi connectivity index (χ4v) is 5.11. The summed E-state index contributed by atoms with van der Waals surface area (Å²) in [5.41, 5.74) is 4.76. The summed E-state index contributed by atoms with van der Waals surface area (Å²) < 4.78 is 11.1. The van der Waals surface area contributed by atoms with Crippen LogP contribution in [0.5, 0.6) is 5.75 Å². The molecule has 1 aliphatic rings. The number of nitrogens with zero attached hydrogens (tertiary/aromatic N) is 1. The Bertz CT molecular complexity index is 1470. The average molecular weight is 543 g/mol. The van der Waals surface area contributed by atoms with Crippen molar-refractivity contribution in [1.82, 2.24) is 5.32 Å². The Labute approximate surface area is 232 Å². The van der Waals surface area contributed by atoms with Gasteiger partial charge in [-0.25, -0.2) is 0 Å². The van der Waals surface area contributed by atoms with Crippen molar-refractivity contribution in [3.8, 4) is 11.8 Å². The topological polar surface area (TPSA) is 116 Å². The number of allylic oxidation sites excluding steroid dienone is 2. The molecule has 0 fully saturated rings. The van der Waals surface area contributed by atoms with Crippen LogP contribution >= 0.6 is 11.8 Å². The molecule has 3 N–H and O–H groups in total. The molecule has 1 aromatic heterocycles. The molecular formula is C30H30N4O4S. The van der Waals surface area contributed by atoms with Crippen molar-refractivity contribution in [2.75, 3.05) is 23.0 Å². The highest BCUT2D eigenvalue weighted by molar-refractivity contribution is 8.03. The van der Waals surface area contributed by atoms with Gasteiger partial charge in [0.15, 0.2) is 0 Å². The quantitative estimate of drug-likeness (QED) is 0.304. The average Bonchev–Trinajstić information content (AvgIpc) is 3.45. The minimum atomic E-state index is -0.737. The Balaban J connectivity index is 1.55. The van der Waals surface area contributed by atoms with Crippen LogP contribution in [-0.2, 0) is 9.59 Å². The van der Waals surface area contributed by atoms with E-state index in [1.165, 1.54) is 18.0 Å². The molecule has 0 radical (unpaired) electrons.